The van der Waals surface area contributed by atoms with E-state index in [-0.39, 0.29) is 6.54 Å². The summed E-state index contributed by atoms with van der Waals surface area (Å²) < 4.78 is 24.7. The number of sulfonamides is 1. The zero-order chi connectivity index (χ0) is 12.9. The van der Waals surface area contributed by atoms with Gasteiger partial charge in [-0.1, -0.05) is 6.07 Å². The molecule has 1 rings (SSSR count). The van der Waals surface area contributed by atoms with E-state index < -0.39 is 10.0 Å². The van der Waals surface area contributed by atoms with Crippen molar-refractivity contribution in [2.75, 3.05) is 24.7 Å². The van der Waals surface area contributed by atoms with Crippen LogP contribution in [-0.4, -0.2) is 27.8 Å². The van der Waals surface area contributed by atoms with Gasteiger partial charge in [-0.25, -0.2) is 13.1 Å². The van der Waals surface area contributed by atoms with Gasteiger partial charge in [-0.2, -0.15) is 5.26 Å². The second-order valence-corrected chi connectivity index (χ2v) is 6.05. The summed E-state index contributed by atoms with van der Waals surface area (Å²) >= 11 is 3.27. The highest BCUT2D eigenvalue weighted by Crippen LogP contribution is 2.23. The number of anilines is 1. The molecule has 17 heavy (non-hydrogen) atoms. The van der Waals surface area contributed by atoms with Crippen LogP contribution in [0.15, 0.2) is 22.7 Å². The van der Waals surface area contributed by atoms with E-state index >= 15 is 0 Å². The molecule has 0 fully saturated rings. The number of nitrogens with zero attached hydrogens (tertiary/aromatic N) is 1. The smallest absolute Gasteiger partial charge is 0.208 e. The molecule has 7 heteroatoms. The highest BCUT2D eigenvalue weighted by molar-refractivity contribution is 9.10. The number of hydrogen-bond acceptors (Lipinski definition) is 4. The van der Waals surface area contributed by atoms with Crippen LogP contribution in [0.2, 0.25) is 0 Å². The maximum absolute atomic E-state index is 10.8. The van der Waals surface area contributed by atoms with Gasteiger partial charge in [0.05, 0.1) is 17.5 Å². The molecular weight excluding hydrogens is 306 g/mol. The Kier molecular flexibility index (Phi) is 4.93. The topological polar surface area (TPSA) is 82.0 Å². The van der Waals surface area contributed by atoms with Gasteiger partial charge in [0.2, 0.25) is 10.0 Å². The van der Waals surface area contributed by atoms with Crippen LogP contribution >= 0.6 is 15.9 Å². The van der Waals surface area contributed by atoms with E-state index in [1.807, 2.05) is 0 Å². The van der Waals surface area contributed by atoms with Crippen molar-refractivity contribution in [1.82, 2.24) is 4.72 Å². The Balaban J connectivity index is 2.59. The van der Waals surface area contributed by atoms with Crippen molar-refractivity contribution in [1.29, 1.82) is 5.26 Å². The Hall–Kier alpha value is -1.10. The van der Waals surface area contributed by atoms with Crippen LogP contribution in [-0.2, 0) is 10.0 Å². The predicted molar refractivity (Wildman–Crippen MR) is 70.2 cm³/mol. The molecule has 92 valence electrons. The van der Waals surface area contributed by atoms with E-state index in [9.17, 15) is 8.42 Å². The van der Waals surface area contributed by atoms with E-state index in [1.165, 1.54) is 0 Å². The Morgan fingerprint density at radius 3 is 2.71 bits per heavy atom. The number of rotatable bonds is 5. The molecule has 0 saturated heterocycles. The first-order chi connectivity index (χ1) is 7.94. The van der Waals surface area contributed by atoms with Crippen LogP contribution in [0.25, 0.3) is 0 Å². The minimum Gasteiger partial charge on any atom is -0.383 e. The summed E-state index contributed by atoms with van der Waals surface area (Å²) in [4.78, 5) is 0. The van der Waals surface area contributed by atoms with Crippen LogP contribution in [0.4, 0.5) is 5.69 Å². The first-order valence-electron chi connectivity index (χ1n) is 4.81. The van der Waals surface area contributed by atoms with Crippen molar-refractivity contribution in [3.05, 3.63) is 28.2 Å². The standard InChI is InChI=1S/C10H12BrN3O2S/c1-17(15,16)14-6-5-13-10-4-2-3-9(11)8(10)7-12/h2-4,13-14H,5-6H2,1H3. The van der Waals surface area contributed by atoms with Crippen molar-refractivity contribution in [2.24, 2.45) is 0 Å². The predicted octanol–water partition coefficient (Wildman–Crippen LogP) is 1.28. The summed E-state index contributed by atoms with van der Waals surface area (Å²) in [6, 6.07) is 7.42. The quantitative estimate of drug-likeness (QED) is 0.801. The van der Waals surface area contributed by atoms with E-state index in [0.29, 0.717) is 22.3 Å². The third kappa shape index (κ3) is 4.73. The summed E-state index contributed by atoms with van der Waals surface area (Å²) in [5, 5.41) is 12.0. The van der Waals surface area contributed by atoms with E-state index in [2.05, 4.69) is 32.0 Å². The molecule has 0 bridgehead atoms. The van der Waals surface area contributed by atoms with Gasteiger partial charge in [0.15, 0.2) is 0 Å². The van der Waals surface area contributed by atoms with Crippen LogP contribution in [0.5, 0.6) is 0 Å². The van der Waals surface area contributed by atoms with Crippen molar-refractivity contribution in [3.63, 3.8) is 0 Å². The fraction of sp³-hybridized carbons (Fsp3) is 0.300. The average molecular weight is 318 g/mol. The number of nitrogens with one attached hydrogen (secondary N) is 2. The summed E-state index contributed by atoms with van der Waals surface area (Å²) in [5.74, 6) is 0. The van der Waals surface area contributed by atoms with Crippen molar-refractivity contribution < 1.29 is 8.42 Å². The van der Waals surface area contributed by atoms with E-state index in [4.69, 9.17) is 5.26 Å². The fourth-order valence-corrected chi connectivity index (χ4v) is 2.15. The summed E-state index contributed by atoms with van der Waals surface area (Å²) in [6.07, 6.45) is 1.10. The SMILES string of the molecule is CS(=O)(=O)NCCNc1cccc(Br)c1C#N. The van der Waals surface area contributed by atoms with Gasteiger partial charge >= 0.3 is 0 Å². The zero-order valence-electron chi connectivity index (χ0n) is 9.20. The van der Waals surface area contributed by atoms with Crippen LogP contribution < -0.4 is 10.0 Å². The molecule has 0 saturated carbocycles. The normalized spacial score (nSPS) is 10.9. The van der Waals surface area contributed by atoms with Crippen molar-refractivity contribution >= 4 is 31.6 Å². The average Bonchev–Trinajstić information content (AvgIpc) is 2.23. The fourth-order valence-electron chi connectivity index (χ4n) is 1.22. The second-order valence-electron chi connectivity index (χ2n) is 3.37. The number of nitriles is 1. The molecule has 0 aliphatic rings. The van der Waals surface area contributed by atoms with E-state index in [1.54, 1.807) is 18.2 Å². The van der Waals surface area contributed by atoms with Gasteiger partial charge in [0.25, 0.3) is 0 Å². The molecule has 0 amide bonds. The minimum absolute atomic E-state index is 0.274. The highest BCUT2D eigenvalue weighted by atomic mass is 79.9. The Bertz CT molecular complexity index is 537. The highest BCUT2D eigenvalue weighted by Gasteiger charge is 2.05. The van der Waals surface area contributed by atoms with Crippen LogP contribution in [0, 0.1) is 11.3 Å². The van der Waals surface area contributed by atoms with Crippen LogP contribution in [0.1, 0.15) is 5.56 Å². The molecular formula is C10H12BrN3O2S. The van der Waals surface area contributed by atoms with Gasteiger partial charge in [-0.05, 0) is 28.1 Å². The monoisotopic (exact) mass is 317 g/mol. The number of halogens is 1. The molecule has 0 aromatic heterocycles. The molecule has 0 spiro atoms. The summed E-state index contributed by atoms with van der Waals surface area (Å²) in [6.45, 7) is 0.689. The molecule has 0 aliphatic heterocycles. The first kappa shape index (κ1) is 14.0. The lowest BCUT2D eigenvalue weighted by molar-refractivity contribution is 0.589. The number of benzene rings is 1. The molecule has 0 heterocycles. The molecule has 0 unspecified atom stereocenters. The number of hydrogen-bond donors (Lipinski definition) is 2. The first-order valence-corrected chi connectivity index (χ1v) is 7.49. The van der Waals surface area contributed by atoms with Crippen LogP contribution in [0.3, 0.4) is 0 Å². The maximum Gasteiger partial charge on any atom is 0.208 e. The molecule has 5 nitrogen and oxygen atoms in total. The van der Waals surface area contributed by atoms with Gasteiger partial charge < -0.3 is 5.32 Å². The lowest BCUT2D eigenvalue weighted by Gasteiger charge is -2.09. The summed E-state index contributed by atoms with van der Waals surface area (Å²) in [7, 11) is -3.17. The Morgan fingerprint density at radius 2 is 2.12 bits per heavy atom. The molecule has 0 radical (unpaired) electrons. The Labute approximate surface area is 109 Å². The molecule has 0 aliphatic carbocycles. The van der Waals surface area contributed by atoms with Crippen molar-refractivity contribution in [3.8, 4) is 6.07 Å². The lowest BCUT2D eigenvalue weighted by Crippen LogP contribution is -2.27. The summed E-state index contributed by atoms with van der Waals surface area (Å²) in [5.41, 5.74) is 1.18. The minimum atomic E-state index is -3.17. The van der Waals surface area contributed by atoms with Gasteiger partial charge in [-0.15, -0.1) is 0 Å². The van der Waals surface area contributed by atoms with Gasteiger partial charge in [0, 0.05) is 17.6 Å². The maximum atomic E-state index is 10.8. The Morgan fingerprint density at radius 1 is 1.41 bits per heavy atom. The van der Waals surface area contributed by atoms with Gasteiger partial charge in [-0.3, -0.25) is 0 Å². The molecule has 1 aromatic carbocycles. The molecule has 2 N–H and O–H groups in total. The third-order valence-corrected chi connectivity index (χ3v) is 3.32. The largest absolute Gasteiger partial charge is 0.383 e. The van der Waals surface area contributed by atoms with E-state index in [0.717, 1.165) is 6.26 Å². The zero-order valence-corrected chi connectivity index (χ0v) is 11.6. The molecule has 1 aromatic rings. The van der Waals surface area contributed by atoms with Gasteiger partial charge in [0.1, 0.15) is 6.07 Å². The lowest BCUT2D eigenvalue weighted by atomic mass is 10.2. The third-order valence-electron chi connectivity index (χ3n) is 1.93. The van der Waals surface area contributed by atoms with Crippen molar-refractivity contribution in [2.45, 2.75) is 0 Å². The molecule has 0 atom stereocenters. The second kappa shape index (κ2) is 6.00.